The van der Waals surface area contributed by atoms with Gasteiger partial charge >= 0.3 is 0 Å². The summed E-state index contributed by atoms with van der Waals surface area (Å²) in [5, 5.41) is 0. The molecule has 1 saturated heterocycles. The Balaban J connectivity index is 1.71. The van der Waals surface area contributed by atoms with E-state index in [2.05, 4.69) is 66.1 Å². The van der Waals surface area contributed by atoms with Gasteiger partial charge in [-0.05, 0) is 41.2 Å². The predicted octanol–water partition coefficient (Wildman–Crippen LogP) is 3.49. The molecule has 0 bridgehead atoms. The first kappa shape index (κ1) is 13.3. The molecule has 2 aromatic rings. The number of hydrogen-bond donors (Lipinski definition) is 2. The lowest BCUT2D eigenvalue weighted by Gasteiger charge is -2.12. The van der Waals surface area contributed by atoms with Crippen molar-refractivity contribution >= 4 is 0 Å². The molecular formula is C17H21N3. The van der Waals surface area contributed by atoms with Gasteiger partial charge in [-0.25, -0.2) is 10.9 Å². The normalized spacial score (nSPS) is 22.4. The molecule has 0 aliphatic carbocycles. The zero-order valence-corrected chi connectivity index (χ0v) is 12.0. The van der Waals surface area contributed by atoms with Crippen LogP contribution in [0.15, 0.2) is 48.8 Å². The van der Waals surface area contributed by atoms with E-state index in [1.807, 2.05) is 12.4 Å². The minimum atomic E-state index is 0.354. The molecule has 104 valence electrons. The van der Waals surface area contributed by atoms with Crippen molar-refractivity contribution in [3.63, 3.8) is 0 Å². The van der Waals surface area contributed by atoms with Gasteiger partial charge in [0.1, 0.15) is 0 Å². The lowest BCUT2D eigenvalue weighted by Crippen LogP contribution is -2.26. The van der Waals surface area contributed by atoms with Gasteiger partial charge in [-0.1, -0.05) is 38.1 Å². The molecule has 3 heteroatoms. The molecule has 1 aliphatic heterocycles. The topological polar surface area (TPSA) is 37.0 Å². The molecule has 0 radical (unpaired) electrons. The van der Waals surface area contributed by atoms with Crippen LogP contribution < -0.4 is 10.9 Å². The third-order valence-electron chi connectivity index (χ3n) is 4.02. The van der Waals surface area contributed by atoms with Crippen LogP contribution in [0.2, 0.25) is 0 Å². The number of benzene rings is 1. The van der Waals surface area contributed by atoms with E-state index in [0.717, 1.165) is 6.42 Å². The zero-order valence-electron chi connectivity index (χ0n) is 12.0. The summed E-state index contributed by atoms with van der Waals surface area (Å²) in [4.78, 5) is 4.07. The van der Waals surface area contributed by atoms with Gasteiger partial charge in [-0.15, -0.1) is 0 Å². The van der Waals surface area contributed by atoms with Crippen molar-refractivity contribution in [1.82, 2.24) is 15.8 Å². The molecule has 3 rings (SSSR count). The summed E-state index contributed by atoms with van der Waals surface area (Å²) in [5.41, 5.74) is 10.8. The highest BCUT2D eigenvalue weighted by Gasteiger charge is 2.25. The third kappa shape index (κ3) is 2.74. The van der Waals surface area contributed by atoms with E-state index >= 15 is 0 Å². The summed E-state index contributed by atoms with van der Waals surface area (Å²) in [7, 11) is 0. The van der Waals surface area contributed by atoms with E-state index in [9.17, 15) is 0 Å². The minimum Gasteiger partial charge on any atom is -0.265 e. The Labute approximate surface area is 120 Å². The SMILES string of the molecule is CC(C)c1ccc(C2CC(c3ccncc3)NN2)cc1. The van der Waals surface area contributed by atoms with Crippen LogP contribution in [-0.4, -0.2) is 4.98 Å². The van der Waals surface area contributed by atoms with Crippen LogP contribution in [0.3, 0.4) is 0 Å². The first-order valence-corrected chi connectivity index (χ1v) is 7.25. The van der Waals surface area contributed by atoms with Crippen LogP contribution in [0.25, 0.3) is 0 Å². The average molecular weight is 267 g/mol. The Morgan fingerprint density at radius 1 is 0.900 bits per heavy atom. The molecule has 1 aliphatic rings. The summed E-state index contributed by atoms with van der Waals surface area (Å²) in [6.07, 6.45) is 4.76. The van der Waals surface area contributed by atoms with Gasteiger partial charge in [0.25, 0.3) is 0 Å². The molecule has 1 fully saturated rings. The zero-order chi connectivity index (χ0) is 13.9. The van der Waals surface area contributed by atoms with Crippen LogP contribution in [0.1, 0.15) is 55.0 Å². The van der Waals surface area contributed by atoms with Gasteiger partial charge < -0.3 is 0 Å². The number of pyridine rings is 1. The number of hydrogen-bond acceptors (Lipinski definition) is 3. The van der Waals surface area contributed by atoms with E-state index in [-0.39, 0.29) is 0 Å². The molecule has 20 heavy (non-hydrogen) atoms. The quantitative estimate of drug-likeness (QED) is 0.894. The molecule has 3 nitrogen and oxygen atoms in total. The smallest absolute Gasteiger partial charge is 0.0482 e. The van der Waals surface area contributed by atoms with Crippen molar-refractivity contribution in [1.29, 1.82) is 0 Å². The fourth-order valence-corrected chi connectivity index (χ4v) is 2.70. The van der Waals surface area contributed by atoms with Crippen molar-refractivity contribution in [2.45, 2.75) is 38.3 Å². The van der Waals surface area contributed by atoms with Crippen LogP contribution in [0.5, 0.6) is 0 Å². The van der Waals surface area contributed by atoms with Crippen molar-refractivity contribution in [2.24, 2.45) is 0 Å². The first-order valence-electron chi connectivity index (χ1n) is 7.25. The maximum Gasteiger partial charge on any atom is 0.0482 e. The second kappa shape index (κ2) is 5.73. The lowest BCUT2D eigenvalue weighted by atomic mass is 9.95. The van der Waals surface area contributed by atoms with Gasteiger partial charge in [-0.3, -0.25) is 4.98 Å². The molecular weight excluding hydrogens is 246 g/mol. The fourth-order valence-electron chi connectivity index (χ4n) is 2.70. The van der Waals surface area contributed by atoms with Crippen molar-refractivity contribution in [2.75, 3.05) is 0 Å². The second-order valence-electron chi connectivity index (χ2n) is 5.73. The monoisotopic (exact) mass is 267 g/mol. The van der Waals surface area contributed by atoms with E-state index in [1.165, 1.54) is 16.7 Å². The largest absolute Gasteiger partial charge is 0.265 e. The summed E-state index contributed by atoms with van der Waals surface area (Å²) in [5.74, 6) is 0.586. The Morgan fingerprint density at radius 3 is 2.00 bits per heavy atom. The van der Waals surface area contributed by atoms with Crippen molar-refractivity contribution in [3.8, 4) is 0 Å². The summed E-state index contributed by atoms with van der Waals surface area (Å²) in [6.45, 7) is 4.45. The highest BCUT2D eigenvalue weighted by atomic mass is 15.4. The van der Waals surface area contributed by atoms with E-state index in [1.54, 1.807) is 0 Å². The Morgan fingerprint density at radius 2 is 1.45 bits per heavy atom. The molecule has 0 saturated carbocycles. The highest BCUT2D eigenvalue weighted by Crippen LogP contribution is 2.31. The number of aromatic nitrogens is 1. The van der Waals surface area contributed by atoms with Crippen LogP contribution in [-0.2, 0) is 0 Å². The molecule has 2 atom stereocenters. The minimum absolute atomic E-state index is 0.354. The van der Waals surface area contributed by atoms with Crippen molar-refractivity contribution < 1.29 is 0 Å². The van der Waals surface area contributed by atoms with Gasteiger partial charge in [0, 0.05) is 24.5 Å². The number of rotatable bonds is 3. The molecule has 2 unspecified atom stereocenters. The lowest BCUT2D eigenvalue weighted by molar-refractivity contribution is 0.554. The van der Waals surface area contributed by atoms with Crippen LogP contribution in [0.4, 0.5) is 0 Å². The molecule has 1 aromatic heterocycles. The number of hydrazine groups is 1. The summed E-state index contributed by atoms with van der Waals surface area (Å²) >= 11 is 0. The number of nitrogens with zero attached hydrogens (tertiary/aromatic N) is 1. The molecule has 2 heterocycles. The summed E-state index contributed by atoms with van der Waals surface area (Å²) in [6, 6.07) is 13.8. The van der Waals surface area contributed by atoms with Gasteiger partial charge in [0.15, 0.2) is 0 Å². The highest BCUT2D eigenvalue weighted by molar-refractivity contribution is 5.28. The predicted molar refractivity (Wildman–Crippen MR) is 81.1 cm³/mol. The maximum atomic E-state index is 4.07. The average Bonchev–Trinajstić information content (AvgIpc) is 2.98. The van der Waals surface area contributed by atoms with E-state index < -0.39 is 0 Å². The Hall–Kier alpha value is -1.71. The maximum absolute atomic E-state index is 4.07. The van der Waals surface area contributed by atoms with Crippen LogP contribution >= 0.6 is 0 Å². The van der Waals surface area contributed by atoms with E-state index in [4.69, 9.17) is 0 Å². The molecule has 0 amide bonds. The first-order chi connectivity index (χ1) is 9.74. The Bertz CT molecular complexity index is 548. The second-order valence-corrected chi connectivity index (χ2v) is 5.73. The molecule has 1 aromatic carbocycles. The molecule has 2 N–H and O–H groups in total. The third-order valence-corrected chi connectivity index (χ3v) is 4.02. The van der Waals surface area contributed by atoms with Gasteiger partial charge in [0.05, 0.1) is 0 Å². The molecule has 0 spiro atoms. The van der Waals surface area contributed by atoms with Crippen molar-refractivity contribution in [3.05, 3.63) is 65.5 Å². The standard InChI is InChI=1S/C17H21N3/c1-12(2)13-3-5-14(6-4-13)16-11-17(20-19-16)15-7-9-18-10-8-15/h3-10,12,16-17,19-20H,11H2,1-2H3. The van der Waals surface area contributed by atoms with Gasteiger partial charge in [-0.2, -0.15) is 0 Å². The van der Waals surface area contributed by atoms with E-state index in [0.29, 0.717) is 18.0 Å². The number of nitrogens with one attached hydrogen (secondary N) is 2. The summed E-state index contributed by atoms with van der Waals surface area (Å²) < 4.78 is 0. The van der Waals surface area contributed by atoms with Crippen LogP contribution in [0, 0.1) is 0 Å². The fraction of sp³-hybridized carbons (Fsp3) is 0.353. The van der Waals surface area contributed by atoms with Gasteiger partial charge in [0.2, 0.25) is 0 Å². The Kier molecular flexibility index (Phi) is 3.81.